The van der Waals surface area contributed by atoms with Crippen molar-refractivity contribution in [1.82, 2.24) is 5.32 Å². The molecule has 8 heteroatoms. The van der Waals surface area contributed by atoms with E-state index in [4.69, 9.17) is 0 Å². The quantitative estimate of drug-likeness (QED) is 0.578. The molecule has 1 fully saturated rings. The molecule has 2 rings (SSSR count). The van der Waals surface area contributed by atoms with Crippen molar-refractivity contribution in [3.05, 3.63) is 33.9 Å². The minimum atomic E-state index is -1.41. The van der Waals surface area contributed by atoms with Gasteiger partial charge in [0.05, 0.1) is 4.92 Å². The van der Waals surface area contributed by atoms with Crippen LogP contribution in [0, 0.1) is 10.1 Å². The fourth-order valence-corrected chi connectivity index (χ4v) is 3.08. The molecule has 0 saturated carbocycles. The van der Waals surface area contributed by atoms with Gasteiger partial charge in [-0.2, -0.15) is 0 Å². The summed E-state index contributed by atoms with van der Waals surface area (Å²) in [6.45, 7) is 4.76. The van der Waals surface area contributed by atoms with Crippen LogP contribution in [-0.2, 0) is 4.79 Å². The van der Waals surface area contributed by atoms with Gasteiger partial charge >= 0.3 is 5.97 Å². The highest BCUT2D eigenvalue weighted by Crippen LogP contribution is 2.31. The van der Waals surface area contributed by atoms with E-state index < -0.39 is 22.3 Å². The maximum atomic E-state index is 12.4. The van der Waals surface area contributed by atoms with Crippen LogP contribution in [0.1, 0.15) is 49.9 Å². The van der Waals surface area contributed by atoms with Crippen molar-refractivity contribution in [2.24, 2.45) is 0 Å². The topological polar surface area (TPSA) is 113 Å². The average molecular weight is 349 g/mol. The lowest BCUT2D eigenvalue weighted by Gasteiger charge is -2.26. The van der Waals surface area contributed by atoms with Crippen LogP contribution in [0.2, 0.25) is 0 Å². The molecule has 1 saturated heterocycles. The molecule has 1 aliphatic rings. The number of carboxylic acids is 1. The van der Waals surface area contributed by atoms with Crippen LogP contribution in [-0.4, -0.2) is 40.5 Å². The number of nitrogens with zero attached hydrogens (tertiary/aromatic N) is 2. The van der Waals surface area contributed by atoms with E-state index in [0.717, 1.165) is 25.9 Å². The molecule has 1 aliphatic heterocycles. The summed E-state index contributed by atoms with van der Waals surface area (Å²) in [7, 11) is 0. The molecule has 0 spiro atoms. The third-order valence-electron chi connectivity index (χ3n) is 4.49. The predicted octanol–water partition coefficient (Wildman–Crippen LogP) is 2.57. The Morgan fingerprint density at radius 2 is 2.00 bits per heavy atom. The van der Waals surface area contributed by atoms with E-state index in [9.17, 15) is 24.8 Å². The molecule has 0 bridgehead atoms. The number of carbonyl (C=O) groups excluding carboxylic acids is 1. The Kier molecular flexibility index (Phi) is 5.61. The zero-order valence-electron chi connectivity index (χ0n) is 14.4. The van der Waals surface area contributed by atoms with E-state index in [1.165, 1.54) is 19.1 Å². The summed E-state index contributed by atoms with van der Waals surface area (Å²) in [6, 6.07) is 4.29. The first-order chi connectivity index (χ1) is 11.8. The zero-order valence-corrected chi connectivity index (χ0v) is 14.4. The SMILES string of the molecule is CCCC(C)(NC(=O)c1ccc(N2CCCC2)c([N+](=O)[O-])c1)C(=O)O. The highest BCUT2D eigenvalue weighted by Gasteiger charge is 2.34. The molecule has 0 radical (unpaired) electrons. The van der Waals surface area contributed by atoms with E-state index >= 15 is 0 Å². The molecule has 8 nitrogen and oxygen atoms in total. The second-order valence-corrected chi connectivity index (χ2v) is 6.50. The second kappa shape index (κ2) is 7.50. The largest absolute Gasteiger partial charge is 0.480 e. The summed E-state index contributed by atoms with van der Waals surface area (Å²) >= 11 is 0. The van der Waals surface area contributed by atoms with Crippen molar-refractivity contribution in [2.75, 3.05) is 18.0 Å². The standard InChI is InChI=1S/C17H23N3O5/c1-3-8-17(2,16(22)23)18-15(21)12-6-7-13(14(11-12)20(24)25)19-9-4-5-10-19/h6-7,11H,3-5,8-10H2,1-2H3,(H,18,21)(H,22,23). The minimum Gasteiger partial charge on any atom is -0.480 e. The molecular weight excluding hydrogens is 326 g/mol. The van der Waals surface area contributed by atoms with Crippen LogP contribution in [0.3, 0.4) is 0 Å². The van der Waals surface area contributed by atoms with Crippen LogP contribution >= 0.6 is 0 Å². The number of hydrogen-bond acceptors (Lipinski definition) is 5. The number of amides is 1. The van der Waals surface area contributed by atoms with Crippen LogP contribution in [0.5, 0.6) is 0 Å². The monoisotopic (exact) mass is 349 g/mol. The molecule has 1 aromatic carbocycles. The summed E-state index contributed by atoms with van der Waals surface area (Å²) in [5.74, 6) is -1.76. The molecule has 1 atom stereocenters. The lowest BCUT2D eigenvalue weighted by atomic mass is 9.95. The van der Waals surface area contributed by atoms with Gasteiger partial charge in [0.25, 0.3) is 11.6 Å². The molecule has 0 aromatic heterocycles. The molecule has 25 heavy (non-hydrogen) atoms. The van der Waals surface area contributed by atoms with Crippen LogP contribution in [0.25, 0.3) is 0 Å². The molecule has 0 aliphatic carbocycles. The van der Waals surface area contributed by atoms with Gasteiger partial charge in [0.1, 0.15) is 11.2 Å². The van der Waals surface area contributed by atoms with Gasteiger partial charge in [-0.15, -0.1) is 0 Å². The number of nitrogens with one attached hydrogen (secondary N) is 1. The molecular formula is C17H23N3O5. The average Bonchev–Trinajstić information content (AvgIpc) is 3.08. The Morgan fingerprint density at radius 1 is 1.36 bits per heavy atom. The molecule has 1 aromatic rings. The third kappa shape index (κ3) is 4.07. The first kappa shape index (κ1) is 18.7. The minimum absolute atomic E-state index is 0.0817. The predicted molar refractivity (Wildman–Crippen MR) is 93.0 cm³/mol. The van der Waals surface area contributed by atoms with Crippen LogP contribution < -0.4 is 10.2 Å². The lowest BCUT2D eigenvalue weighted by molar-refractivity contribution is -0.384. The second-order valence-electron chi connectivity index (χ2n) is 6.50. The first-order valence-corrected chi connectivity index (χ1v) is 8.38. The number of rotatable bonds is 7. The van der Waals surface area contributed by atoms with E-state index in [-0.39, 0.29) is 17.7 Å². The normalized spacial score (nSPS) is 16.3. The smallest absolute Gasteiger partial charge is 0.329 e. The van der Waals surface area contributed by atoms with Crippen molar-refractivity contribution in [2.45, 2.75) is 45.1 Å². The highest BCUT2D eigenvalue weighted by atomic mass is 16.6. The number of carboxylic acid groups (broad SMARTS) is 1. The van der Waals surface area contributed by atoms with Gasteiger partial charge in [-0.1, -0.05) is 13.3 Å². The molecule has 2 N–H and O–H groups in total. The van der Waals surface area contributed by atoms with Gasteiger partial charge in [-0.25, -0.2) is 4.79 Å². The van der Waals surface area contributed by atoms with E-state index in [2.05, 4.69) is 5.32 Å². The number of nitro benzene ring substituents is 1. The Morgan fingerprint density at radius 3 is 2.52 bits per heavy atom. The van der Waals surface area contributed by atoms with Crippen molar-refractivity contribution in [3.63, 3.8) is 0 Å². The van der Waals surface area contributed by atoms with Gasteiger partial charge in [-0.3, -0.25) is 14.9 Å². The van der Waals surface area contributed by atoms with E-state index in [1.807, 2.05) is 11.8 Å². The summed E-state index contributed by atoms with van der Waals surface area (Å²) in [6.07, 6.45) is 2.81. The Hall–Kier alpha value is -2.64. The van der Waals surface area contributed by atoms with Crippen LogP contribution in [0.15, 0.2) is 18.2 Å². The van der Waals surface area contributed by atoms with Crippen molar-refractivity contribution >= 4 is 23.3 Å². The number of nitro groups is 1. The molecule has 1 unspecified atom stereocenters. The van der Waals surface area contributed by atoms with Crippen LogP contribution in [0.4, 0.5) is 11.4 Å². The van der Waals surface area contributed by atoms with Crippen molar-refractivity contribution < 1.29 is 19.6 Å². The molecule has 136 valence electrons. The number of hydrogen-bond donors (Lipinski definition) is 2. The number of carbonyl (C=O) groups is 2. The van der Waals surface area contributed by atoms with Gasteiger partial charge in [-0.05, 0) is 38.3 Å². The van der Waals surface area contributed by atoms with Gasteiger partial charge in [0, 0.05) is 24.7 Å². The maximum absolute atomic E-state index is 12.4. The van der Waals surface area contributed by atoms with E-state index in [1.54, 1.807) is 6.07 Å². The fourth-order valence-electron chi connectivity index (χ4n) is 3.08. The van der Waals surface area contributed by atoms with Gasteiger partial charge < -0.3 is 15.3 Å². The summed E-state index contributed by atoms with van der Waals surface area (Å²) in [5, 5.41) is 23.3. The fraction of sp³-hybridized carbons (Fsp3) is 0.529. The Labute approximate surface area is 146 Å². The van der Waals surface area contributed by atoms with Gasteiger partial charge in [0.15, 0.2) is 0 Å². The first-order valence-electron chi connectivity index (χ1n) is 8.38. The third-order valence-corrected chi connectivity index (χ3v) is 4.49. The Bertz CT molecular complexity index is 685. The highest BCUT2D eigenvalue weighted by molar-refractivity contribution is 5.98. The molecule has 1 heterocycles. The Balaban J connectivity index is 2.29. The molecule has 1 amide bonds. The maximum Gasteiger partial charge on any atom is 0.329 e. The number of anilines is 1. The number of benzene rings is 1. The summed E-state index contributed by atoms with van der Waals surface area (Å²) in [5.41, 5.74) is -0.970. The van der Waals surface area contributed by atoms with Crippen molar-refractivity contribution in [1.29, 1.82) is 0 Å². The number of aliphatic carboxylic acids is 1. The van der Waals surface area contributed by atoms with Crippen molar-refractivity contribution in [3.8, 4) is 0 Å². The van der Waals surface area contributed by atoms with Gasteiger partial charge in [0.2, 0.25) is 0 Å². The summed E-state index contributed by atoms with van der Waals surface area (Å²) < 4.78 is 0. The lowest BCUT2D eigenvalue weighted by Crippen LogP contribution is -2.52. The summed E-state index contributed by atoms with van der Waals surface area (Å²) in [4.78, 5) is 36.7. The van der Waals surface area contributed by atoms with E-state index in [0.29, 0.717) is 12.1 Å². The zero-order chi connectivity index (χ0) is 18.6.